The van der Waals surface area contributed by atoms with Crippen LogP contribution in [0.4, 0.5) is 4.79 Å². The lowest BCUT2D eigenvalue weighted by molar-refractivity contribution is 0.0265. The van der Waals surface area contributed by atoms with E-state index in [1.165, 1.54) is 24.8 Å². The summed E-state index contributed by atoms with van der Waals surface area (Å²) in [6.07, 6.45) is 11.2. The van der Waals surface area contributed by atoms with Crippen molar-refractivity contribution in [3.63, 3.8) is 0 Å². The molecule has 4 heteroatoms. The smallest absolute Gasteiger partial charge is 0.410 e. The Morgan fingerprint density at radius 2 is 2.23 bits per heavy atom. The second-order valence-corrected chi connectivity index (χ2v) is 7.32. The van der Waals surface area contributed by atoms with Gasteiger partial charge in [0, 0.05) is 19.6 Å². The van der Waals surface area contributed by atoms with Crippen molar-refractivity contribution in [2.75, 3.05) is 26.2 Å². The molecular formula is C18H30N2O2. The molecule has 0 saturated heterocycles. The number of ether oxygens (including phenoxy) is 1. The van der Waals surface area contributed by atoms with Gasteiger partial charge in [0.15, 0.2) is 0 Å². The number of hydrogen-bond acceptors (Lipinski definition) is 3. The average Bonchev–Trinajstić information content (AvgIpc) is 2.47. The zero-order chi connectivity index (χ0) is 16.0. The first-order valence-corrected chi connectivity index (χ1v) is 8.45. The SMILES string of the molecule is CC(C)(C)OC(=O)N1CC=C(CNCC2CC=CCC2)CC1. The third-order valence-electron chi connectivity index (χ3n) is 4.12. The maximum absolute atomic E-state index is 12.0. The van der Waals surface area contributed by atoms with Gasteiger partial charge in [-0.15, -0.1) is 0 Å². The van der Waals surface area contributed by atoms with Crippen LogP contribution in [0, 0.1) is 5.92 Å². The highest BCUT2D eigenvalue weighted by Crippen LogP contribution is 2.18. The van der Waals surface area contributed by atoms with Crippen molar-refractivity contribution in [3.05, 3.63) is 23.8 Å². The van der Waals surface area contributed by atoms with E-state index in [1.54, 1.807) is 4.90 Å². The lowest BCUT2D eigenvalue weighted by Gasteiger charge is -2.29. The molecular weight excluding hydrogens is 276 g/mol. The van der Waals surface area contributed by atoms with Crippen molar-refractivity contribution in [2.24, 2.45) is 5.92 Å². The molecule has 1 N–H and O–H groups in total. The number of hydrogen-bond donors (Lipinski definition) is 1. The zero-order valence-corrected chi connectivity index (χ0v) is 14.2. The number of amides is 1. The normalized spacial score (nSPS) is 22.4. The molecule has 0 fully saturated rings. The third-order valence-corrected chi connectivity index (χ3v) is 4.12. The van der Waals surface area contributed by atoms with E-state index in [0.29, 0.717) is 6.54 Å². The topological polar surface area (TPSA) is 41.6 Å². The number of nitrogens with zero attached hydrogens (tertiary/aromatic N) is 1. The van der Waals surface area contributed by atoms with E-state index < -0.39 is 5.60 Å². The summed E-state index contributed by atoms with van der Waals surface area (Å²) < 4.78 is 5.41. The van der Waals surface area contributed by atoms with Crippen molar-refractivity contribution in [1.29, 1.82) is 0 Å². The van der Waals surface area contributed by atoms with E-state index in [4.69, 9.17) is 4.74 Å². The summed E-state index contributed by atoms with van der Waals surface area (Å²) in [6.45, 7) is 9.17. The summed E-state index contributed by atoms with van der Waals surface area (Å²) in [5.74, 6) is 0.785. The average molecular weight is 306 g/mol. The van der Waals surface area contributed by atoms with Crippen LogP contribution in [0.3, 0.4) is 0 Å². The van der Waals surface area contributed by atoms with Gasteiger partial charge in [-0.2, -0.15) is 0 Å². The van der Waals surface area contributed by atoms with Gasteiger partial charge in [0.2, 0.25) is 0 Å². The first kappa shape index (κ1) is 17.1. The predicted molar refractivity (Wildman–Crippen MR) is 89.9 cm³/mol. The minimum atomic E-state index is -0.420. The van der Waals surface area contributed by atoms with Crippen molar-refractivity contribution in [2.45, 2.75) is 52.1 Å². The molecule has 1 heterocycles. The second kappa shape index (κ2) is 7.82. The molecule has 0 bridgehead atoms. The second-order valence-electron chi connectivity index (χ2n) is 7.32. The Bertz CT molecular complexity index is 435. The molecule has 0 spiro atoms. The Labute approximate surface area is 134 Å². The summed E-state index contributed by atoms with van der Waals surface area (Å²) in [5.41, 5.74) is 0.989. The fourth-order valence-electron chi connectivity index (χ4n) is 2.84. The number of allylic oxidation sites excluding steroid dienone is 2. The Morgan fingerprint density at radius 1 is 1.41 bits per heavy atom. The van der Waals surface area contributed by atoms with E-state index in [2.05, 4.69) is 23.5 Å². The third kappa shape index (κ3) is 5.84. The maximum atomic E-state index is 12.0. The van der Waals surface area contributed by atoms with Gasteiger partial charge in [0.05, 0.1) is 0 Å². The largest absolute Gasteiger partial charge is 0.444 e. The summed E-state index contributed by atoms with van der Waals surface area (Å²) in [4.78, 5) is 13.8. The minimum Gasteiger partial charge on any atom is -0.444 e. The van der Waals surface area contributed by atoms with Crippen LogP contribution in [0.2, 0.25) is 0 Å². The number of nitrogens with one attached hydrogen (secondary N) is 1. The number of carbonyl (C=O) groups excluding carboxylic acids is 1. The molecule has 0 saturated carbocycles. The Balaban J connectivity index is 1.68. The van der Waals surface area contributed by atoms with E-state index in [9.17, 15) is 4.79 Å². The lowest BCUT2D eigenvalue weighted by Crippen LogP contribution is -2.40. The Morgan fingerprint density at radius 3 is 2.82 bits per heavy atom. The molecule has 2 aliphatic rings. The molecule has 0 aromatic carbocycles. The molecule has 1 unspecified atom stereocenters. The fraction of sp³-hybridized carbons (Fsp3) is 0.722. The quantitative estimate of drug-likeness (QED) is 0.808. The van der Waals surface area contributed by atoms with Gasteiger partial charge >= 0.3 is 6.09 Å². The predicted octanol–water partition coefficient (Wildman–Crippen LogP) is 3.50. The molecule has 0 aromatic heterocycles. The minimum absolute atomic E-state index is 0.204. The zero-order valence-electron chi connectivity index (χ0n) is 14.2. The molecule has 1 atom stereocenters. The lowest BCUT2D eigenvalue weighted by atomic mass is 9.94. The van der Waals surface area contributed by atoms with Crippen LogP contribution in [0.5, 0.6) is 0 Å². The summed E-state index contributed by atoms with van der Waals surface area (Å²) in [5, 5.41) is 3.57. The van der Waals surface area contributed by atoms with Gasteiger partial charge in [-0.1, -0.05) is 23.8 Å². The van der Waals surface area contributed by atoms with Crippen molar-refractivity contribution in [3.8, 4) is 0 Å². The molecule has 1 aliphatic heterocycles. The van der Waals surface area contributed by atoms with Crippen LogP contribution in [0.1, 0.15) is 46.5 Å². The van der Waals surface area contributed by atoms with E-state index in [1.807, 2.05) is 20.8 Å². The fourth-order valence-corrected chi connectivity index (χ4v) is 2.84. The van der Waals surface area contributed by atoms with Gasteiger partial charge in [0.1, 0.15) is 5.60 Å². The van der Waals surface area contributed by atoms with Crippen LogP contribution >= 0.6 is 0 Å². The summed E-state index contributed by atoms with van der Waals surface area (Å²) in [6, 6.07) is 0. The molecule has 4 nitrogen and oxygen atoms in total. The van der Waals surface area contributed by atoms with Gasteiger partial charge in [-0.3, -0.25) is 0 Å². The van der Waals surface area contributed by atoms with Crippen molar-refractivity contribution >= 4 is 6.09 Å². The van der Waals surface area contributed by atoms with Crippen LogP contribution in [-0.2, 0) is 4.74 Å². The van der Waals surface area contributed by atoms with Gasteiger partial charge in [0.25, 0.3) is 0 Å². The first-order chi connectivity index (χ1) is 10.4. The van der Waals surface area contributed by atoms with Crippen LogP contribution < -0.4 is 5.32 Å². The standard InChI is InChI=1S/C18H30N2O2/c1-18(2,3)22-17(21)20-11-9-16(10-12-20)14-19-13-15-7-5-4-6-8-15/h4-5,9,15,19H,6-8,10-14H2,1-3H3. The molecule has 0 aromatic rings. The highest BCUT2D eigenvalue weighted by Gasteiger charge is 2.23. The van der Waals surface area contributed by atoms with E-state index in [-0.39, 0.29) is 6.09 Å². The first-order valence-electron chi connectivity index (χ1n) is 8.45. The van der Waals surface area contributed by atoms with E-state index >= 15 is 0 Å². The summed E-state index contributed by atoms with van der Waals surface area (Å²) >= 11 is 0. The molecule has 2 rings (SSSR count). The van der Waals surface area contributed by atoms with Crippen molar-refractivity contribution < 1.29 is 9.53 Å². The highest BCUT2D eigenvalue weighted by molar-refractivity contribution is 5.68. The van der Waals surface area contributed by atoms with Crippen molar-refractivity contribution in [1.82, 2.24) is 10.2 Å². The molecule has 1 aliphatic carbocycles. The Hall–Kier alpha value is -1.29. The number of carbonyl (C=O) groups is 1. The highest BCUT2D eigenvalue weighted by atomic mass is 16.6. The molecule has 22 heavy (non-hydrogen) atoms. The van der Waals surface area contributed by atoms with Gasteiger partial charge < -0.3 is 15.0 Å². The molecule has 124 valence electrons. The maximum Gasteiger partial charge on any atom is 0.410 e. The van der Waals surface area contributed by atoms with E-state index in [0.717, 1.165) is 32.0 Å². The Kier molecular flexibility index (Phi) is 6.07. The summed E-state index contributed by atoms with van der Waals surface area (Å²) in [7, 11) is 0. The number of rotatable bonds is 4. The van der Waals surface area contributed by atoms with Gasteiger partial charge in [-0.25, -0.2) is 4.79 Å². The molecule has 0 radical (unpaired) electrons. The van der Waals surface area contributed by atoms with Crippen LogP contribution in [0.25, 0.3) is 0 Å². The molecule has 1 amide bonds. The van der Waals surface area contributed by atoms with Crippen LogP contribution in [-0.4, -0.2) is 42.8 Å². The van der Waals surface area contributed by atoms with Crippen LogP contribution in [0.15, 0.2) is 23.8 Å². The van der Waals surface area contributed by atoms with Gasteiger partial charge in [-0.05, 0) is 58.9 Å². The monoisotopic (exact) mass is 306 g/mol.